The maximum atomic E-state index is 13.1. The molecule has 8 heteroatoms. The summed E-state index contributed by atoms with van der Waals surface area (Å²) in [6.45, 7) is 4.46. The first-order valence-electron chi connectivity index (χ1n) is 8.38. The molecule has 3 rings (SSSR count). The minimum absolute atomic E-state index is 0.177. The molecule has 0 bridgehead atoms. The summed E-state index contributed by atoms with van der Waals surface area (Å²) < 4.78 is 7.85. The lowest BCUT2D eigenvalue weighted by Gasteiger charge is -2.33. The van der Waals surface area contributed by atoms with Gasteiger partial charge in [-0.25, -0.2) is 9.48 Å². The van der Waals surface area contributed by atoms with Gasteiger partial charge in [0.05, 0.1) is 29.7 Å². The largest absolute Gasteiger partial charge is 0.464 e. The average Bonchev–Trinajstić information content (AvgIpc) is 3.03. The second-order valence-electron chi connectivity index (χ2n) is 5.87. The molecule has 2 aromatic rings. The van der Waals surface area contributed by atoms with Crippen LogP contribution in [0.4, 0.5) is 0 Å². The van der Waals surface area contributed by atoms with Crippen LogP contribution < -0.4 is 0 Å². The lowest BCUT2D eigenvalue weighted by atomic mass is 10.2. The van der Waals surface area contributed by atoms with Crippen molar-refractivity contribution in [3.05, 3.63) is 46.2 Å². The van der Waals surface area contributed by atoms with E-state index in [1.807, 2.05) is 31.2 Å². The number of nitrogens with zero attached hydrogens (tertiary/aromatic N) is 3. The number of thioether (sulfide) groups is 1. The number of halogens is 1. The molecule has 2 heterocycles. The molecule has 0 radical (unpaired) electrons. The van der Waals surface area contributed by atoms with E-state index >= 15 is 0 Å². The molecule has 1 aromatic carbocycles. The number of carbonyl (C=O) groups is 2. The third kappa shape index (κ3) is 3.81. The molecule has 1 aliphatic heterocycles. The van der Waals surface area contributed by atoms with Gasteiger partial charge in [0.2, 0.25) is 0 Å². The summed E-state index contributed by atoms with van der Waals surface area (Å²) in [6.07, 6.45) is 1.57. The van der Waals surface area contributed by atoms with Crippen LogP contribution in [0.25, 0.3) is 5.69 Å². The fourth-order valence-electron chi connectivity index (χ4n) is 2.90. The van der Waals surface area contributed by atoms with Gasteiger partial charge in [-0.15, -0.1) is 0 Å². The summed E-state index contributed by atoms with van der Waals surface area (Å²) >= 11 is 5.07. The highest BCUT2D eigenvalue weighted by Crippen LogP contribution is 2.23. The number of amides is 1. The van der Waals surface area contributed by atoms with E-state index in [9.17, 15) is 9.59 Å². The zero-order chi connectivity index (χ0) is 18.7. The summed E-state index contributed by atoms with van der Waals surface area (Å²) in [6, 6.07) is 7.17. The van der Waals surface area contributed by atoms with Gasteiger partial charge in [0, 0.05) is 22.5 Å². The Morgan fingerprint density at radius 3 is 2.77 bits per heavy atom. The Hall–Kier alpha value is -1.80. The third-order valence-electron chi connectivity index (χ3n) is 4.26. The van der Waals surface area contributed by atoms with E-state index in [0.29, 0.717) is 24.5 Å². The van der Waals surface area contributed by atoms with Crippen LogP contribution >= 0.6 is 27.7 Å². The van der Waals surface area contributed by atoms with Crippen LogP contribution in [-0.2, 0) is 9.53 Å². The van der Waals surface area contributed by atoms with E-state index in [1.165, 1.54) is 0 Å². The van der Waals surface area contributed by atoms with E-state index in [0.717, 1.165) is 21.6 Å². The van der Waals surface area contributed by atoms with Crippen molar-refractivity contribution in [1.29, 1.82) is 0 Å². The number of esters is 1. The monoisotopic (exact) mass is 437 g/mol. The number of hydrogen-bond donors (Lipinski definition) is 0. The molecule has 1 atom stereocenters. The molecule has 0 aliphatic carbocycles. The van der Waals surface area contributed by atoms with Crippen molar-refractivity contribution in [3.8, 4) is 5.69 Å². The van der Waals surface area contributed by atoms with E-state index in [1.54, 1.807) is 34.5 Å². The topological polar surface area (TPSA) is 64.4 Å². The molecule has 0 saturated carbocycles. The number of carbonyl (C=O) groups excluding carboxylic acids is 2. The third-order valence-corrected chi connectivity index (χ3v) is 5.81. The summed E-state index contributed by atoms with van der Waals surface area (Å²) in [5.74, 6) is 0.849. The van der Waals surface area contributed by atoms with Gasteiger partial charge >= 0.3 is 5.97 Å². The smallest absolute Gasteiger partial charge is 0.329 e. The van der Waals surface area contributed by atoms with Crippen molar-refractivity contribution in [3.63, 3.8) is 0 Å². The van der Waals surface area contributed by atoms with Crippen LogP contribution in [0.3, 0.4) is 0 Å². The molecule has 0 N–H and O–H groups in total. The van der Waals surface area contributed by atoms with Gasteiger partial charge in [0.25, 0.3) is 5.91 Å². The van der Waals surface area contributed by atoms with Gasteiger partial charge in [-0.1, -0.05) is 15.9 Å². The molecule has 6 nitrogen and oxygen atoms in total. The normalized spacial score (nSPS) is 17.2. The summed E-state index contributed by atoms with van der Waals surface area (Å²) in [5, 5.41) is 4.37. The van der Waals surface area contributed by atoms with Crippen LogP contribution in [-0.4, -0.2) is 57.3 Å². The van der Waals surface area contributed by atoms with Crippen LogP contribution in [0, 0.1) is 6.92 Å². The SMILES string of the molecule is CCOC(=O)[C@H]1CSCCN1C(=O)c1cnn(-c2ccc(Br)cc2)c1C. The number of ether oxygens (including phenoxy) is 1. The lowest BCUT2D eigenvalue weighted by Crippen LogP contribution is -2.51. The molecule has 0 spiro atoms. The second-order valence-corrected chi connectivity index (χ2v) is 7.94. The van der Waals surface area contributed by atoms with Gasteiger partial charge in [0.1, 0.15) is 6.04 Å². The Morgan fingerprint density at radius 2 is 2.08 bits per heavy atom. The minimum Gasteiger partial charge on any atom is -0.464 e. The van der Waals surface area contributed by atoms with Crippen LogP contribution in [0.1, 0.15) is 23.0 Å². The summed E-state index contributed by atoms with van der Waals surface area (Å²) in [5.41, 5.74) is 2.13. The Labute approximate surface area is 165 Å². The van der Waals surface area contributed by atoms with E-state index in [4.69, 9.17) is 4.74 Å². The van der Waals surface area contributed by atoms with Gasteiger partial charge in [-0.3, -0.25) is 4.79 Å². The van der Waals surface area contributed by atoms with Crippen molar-refractivity contribution < 1.29 is 14.3 Å². The summed E-state index contributed by atoms with van der Waals surface area (Å²) in [7, 11) is 0. The fraction of sp³-hybridized carbons (Fsp3) is 0.389. The van der Waals surface area contributed by atoms with Crippen molar-refractivity contribution >= 4 is 39.6 Å². The summed E-state index contributed by atoms with van der Waals surface area (Å²) in [4.78, 5) is 26.9. The Balaban J connectivity index is 1.87. The van der Waals surface area contributed by atoms with Crippen LogP contribution in [0.2, 0.25) is 0 Å². The molecule has 1 amide bonds. The van der Waals surface area contributed by atoms with E-state index < -0.39 is 6.04 Å². The zero-order valence-corrected chi connectivity index (χ0v) is 17.0. The van der Waals surface area contributed by atoms with E-state index in [2.05, 4.69) is 21.0 Å². The number of aromatic nitrogens is 2. The van der Waals surface area contributed by atoms with Crippen LogP contribution in [0.5, 0.6) is 0 Å². The molecule has 138 valence electrons. The maximum absolute atomic E-state index is 13.1. The Morgan fingerprint density at radius 1 is 1.35 bits per heavy atom. The Bertz CT molecular complexity index is 807. The molecule has 1 aromatic heterocycles. The predicted molar refractivity (Wildman–Crippen MR) is 105 cm³/mol. The molecular weight excluding hydrogens is 418 g/mol. The van der Waals surface area contributed by atoms with Crippen molar-refractivity contribution in [2.24, 2.45) is 0 Å². The molecule has 1 fully saturated rings. The minimum atomic E-state index is -0.545. The molecule has 1 saturated heterocycles. The molecule has 1 aliphatic rings. The standard InChI is InChI=1S/C18H20BrN3O3S/c1-3-25-18(24)16-11-26-9-8-21(16)17(23)15-10-20-22(12(15)2)14-6-4-13(19)5-7-14/h4-7,10,16H,3,8-9,11H2,1-2H3/t16-/m1/s1. The Kier molecular flexibility index (Phi) is 6.03. The van der Waals surface area contributed by atoms with Crippen LogP contribution in [0.15, 0.2) is 34.9 Å². The highest BCUT2D eigenvalue weighted by atomic mass is 79.9. The van der Waals surface area contributed by atoms with Gasteiger partial charge < -0.3 is 9.64 Å². The second kappa shape index (κ2) is 8.26. The predicted octanol–water partition coefficient (Wildman–Crippen LogP) is 3.06. The molecular formula is C18H20BrN3O3S. The average molecular weight is 438 g/mol. The first kappa shape index (κ1) is 19.0. The quantitative estimate of drug-likeness (QED) is 0.687. The molecule has 26 heavy (non-hydrogen) atoms. The zero-order valence-electron chi connectivity index (χ0n) is 14.6. The van der Waals surface area contributed by atoms with Gasteiger partial charge in [-0.2, -0.15) is 16.9 Å². The lowest BCUT2D eigenvalue weighted by molar-refractivity contribution is -0.147. The van der Waals surface area contributed by atoms with Gasteiger partial charge in [-0.05, 0) is 38.1 Å². The number of hydrogen-bond acceptors (Lipinski definition) is 5. The first-order chi connectivity index (χ1) is 12.5. The highest BCUT2D eigenvalue weighted by molar-refractivity contribution is 9.10. The fourth-order valence-corrected chi connectivity index (χ4v) is 4.19. The van der Waals surface area contributed by atoms with Crippen molar-refractivity contribution in [2.45, 2.75) is 19.9 Å². The van der Waals surface area contributed by atoms with E-state index in [-0.39, 0.29) is 11.9 Å². The number of rotatable bonds is 4. The maximum Gasteiger partial charge on any atom is 0.329 e. The number of benzene rings is 1. The first-order valence-corrected chi connectivity index (χ1v) is 10.3. The molecule has 0 unspecified atom stereocenters. The van der Waals surface area contributed by atoms with Crippen molar-refractivity contribution in [1.82, 2.24) is 14.7 Å². The van der Waals surface area contributed by atoms with Crippen molar-refractivity contribution in [2.75, 3.05) is 24.7 Å². The van der Waals surface area contributed by atoms with Gasteiger partial charge in [0.15, 0.2) is 0 Å². The highest BCUT2D eigenvalue weighted by Gasteiger charge is 2.35.